The van der Waals surface area contributed by atoms with Crippen LogP contribution in [0.1, 0.15) is 27.7 Å². The minimum absolute atomic E-state index is 0.0267. The van der Waals surface area contributed by atoms with Gasteiger partial charge >= 0.3 is 0 Å². The second-order valence-corrected chi connectivity index (χ2v) is 6.22. The van der Waals surface area contributed by atoms with Crippen LogP contribution in [0.3, 0.4) is 0 Å². The molecule has 0 amide bonds. The second-order valence-electron chi connectivity index (χ2n) is 5.27. The van der Waals surface area contributed by atoms with Gasteiger partial charge in [0.25, 0.3) is 0 Å². The third kappa shape index (κ3) is 3.06. The molecule has 0 saturated heterocycles. The summed E-state index contributed by atoms with van der Waals surface area (Å²) in [7, 11) is 0. The summed E-state index contributed by atoms with van der Waals surface area (Å²) in [5, 5.41) is 3.05. The van der Waals surface area contributed by atoms with E-state index in [4.69, 9.17) is 10.2 Å². The number of thiazole rings is 1. The number of nitrogens with zero attached hydrogens (tertiary/aromatic N) is 1. The third-order valence-electron chi connectivity index (χ3n) is 3.54. The number of nitrogens with two attached hydrogens (primary N) is 1. The molecule has 3 rings (SSSR count). The molecule has 2 N–H and O–H groups in total. The average Bonchev–Trinajstić information content (AvgIpc) is 3.08. The van der Waals surface area contributed by atoms with Gasteiger partial charge in [0.15, 0.2) is 5.76 Å². The van der Waals surface area contributed by atoms with Crippen molar-refractivity contribution in [2.24, 2.45) is 5.73 Å². The molecule has 0 fully saturated rings. The highest BCUT2D eigenvalue weighted by Gasteiger charge is 2.13. The standard InChI is InChI=1S/C17H18N2OS/c1-11-5-6-13(12(2)8-11)14(18)9-17-19-15(10-21-17)16-4-3-7-20-16/h3-8,10,14H,9,18H2,1-2H3. The molecular weight excluding hydrogens is 280 g/mol. The van der Waals surface area contributed by atoms with E-state index in [2.05, 4.69) is 37.0 Å². The van der Waals surface area contributed by atoms with E-state index in [9.17, 15) is 0 Å². The molecule has 0 aliphatic heterocycles. The van der Waals surface area contributed by atoms with Gasteiger partial charge < -0.3 is 10.2 Å². The number of aromatic nitrogens is 1. The van der Waals surface area contributed by atoms with E-state index in [1.165, 1.54) is 16.7 Å². The molecule has 1 atom stereocenters. The van der Waals surface area contributed by atoms with E-state index in [1.807, 2.05) is 17.5 Å². The number of hydrogen-bond donors (Lipinski definition) is 1. The van der Waals surface area contributed by atoms with Gasteiger partial charge in [-0.3, -0.25) is 0 Å². The molecule has 3 nitrogen and oxygen atoms in total. The molecule has 21 heavy (non-hydrogen) atoms. The number of furan rings is 1. The quantitative estimate of drug-likeness (QED) is 0.783. The van der Waals surface area contributed by atoms with Crippen molar-refractivity contribution >= 4 is 11.3 Å². The summed E-state index contributed by atoms with van der Waals surface area (Å²) in [6.45, 7) is 4.21. The lowest BCUT2D eigenvalue weighted by molar-refractivity contribution is 0.580. The van der Waals surface area contributed by atoms with Crippen molar-refractivity contribution in [1.82, 2.24) is 4.98 Å². The lowest BCUT2D eigenvalue weighted by atomic mass is 9.98. The minimum atomic E-state index is -0.0267. The first-order valence-corrected chi connectivity index (χ1v) is 7.82. The van der Waals surface area contributed by atoms with Crippen LogP contribution in [-0.4, -0.2) is 4.98 Å². The summed E-state index contributed by atoms with van der Waals surface area (Å²) in [4.78, 5) is 4.61. The Morgan fingerprint density at radius 3 is 2.86 bits per heavy atom. The number of hydrogen-bond acceptors (Lipinski definition) is 4. The third-order valence-corrected chi connectivity index (χ3v) is 4.42. The van der Waals surface area contributed by atoms with Gasteiger partial charge in [-0.2, -0.15) is 0 Å². The first-order valence-electron chi connectivity index (χ1n) is 6.94. The SMILES string of the molecule is Cc1ccc(C(N)Cc2nc(-c3ccco3)cs2)c(C)c1. The van der Waals surface area contributed by atoms with Gasteiger partial charge in [0.2, 0.25) is 0 Å². The lowest BCUT2D eigenvalue weighted by Crippen LogP contribution is -2.14. The maximum Gasteiger partial charge on any atom is 0.153 e. The van der Waals surface area contributed by atoms with Crippen molar-refractivity contribution in [3.63, 3.8) is 0 Å². The van der Waals surface area contributed by atoms with Crippen LogP contribution in [0.2, 0.25) is 0 Å². The van der Waals surface area contributed by atoms with Crippen LogP contribution in [-0.2, 0) is 6.42 Å². The van der Waals surface area contributed by atoms with Crippen molar-refractivity contribution in [3.05, 3.63) is 63.7 Å². The molecule has 2 heterocycles. The smallest absolute Gasteiger partial charge is 0.153 e. The largest absolute Gasteiger partial charge is 0.463 e. The highest BCUT2D eigenvalue weighted by atomic mass is 32.1. The number of aryl methyl sites for hydroxylation is 2. The summed E-state index contributed by atoms with van der Waals surface area (Å²) in [5.74, 6) is 0.803. The summed E-state index contributed by atoms with van der Waals surface area (Å²) in [6.07, 6.45) is 2.41. The van der Waals surface area contributed by atoms with Gasteiger partial charge in [0.05, 0.1) is 11.3 Å². The monoisotopic (exact) mass is 298 g/mol. The zero-order valence-electron chi connectivity index (χ0n) is 12.2. The summed E-state index contributed by atoms with van der Waals surface area (Å²) >= 11 is 1.63. The second kappa shape index (κ2) is 5.84. The summed E-state index contributed by atoms with van der Waals surface area (Å²) in [6, 6.07) is 10.2. The normalized spacial score (nSPS) is 12.5. The Bertz CT molecular complexity index is 731. The molecule has 0 spiro atoms. The molecule has 0 aliphatic rings. The fraction of sp³-hybridized carbons (Fsp3) is 0.235. The van der Waals surface area contributed by atoms with Crippen LogP contribution in [0.25, 0.3) is 11.5 Å². The first kappa shape index (κ1) is 14.0. The molecule has 1 aromatic carbocycles. The zero-order chi connectivity index (χ0) is 14.8. The molecule has 108 valence electrons. The van der Waals surface area contributed by atoms with Crippen LogP contribution in [0.4, 0.5) is 0 Å². The van der Waals surface area contributed by atoms with Crippen LogP contribution in [0.5, 0.6) is 0 Å². The van der Waals surface area contributed by atoms with E-state index in [1.54, 1.807) is 17.6 Å². The molecule has 3 aromatic rings. The highest BCUT2D eigenvalue weighted by Crippen LogP contribution is 2.26. The van der Waals surface area contributed by atoms with Crippen LogP contribution >= 0.6 is 11.3 Å². The Labute approximate surface area is 128 Å². The van der Waals surface area contributed by atoms with Gasteiger partial charge in [0, 0.05) is 17.8 Å². The summed E-state index contributed by atoms with van der Waals surface area (Å²) < 4.78 is 5.37. The Hall–Kier alpha value is -1.91. The molecule has 4 heteroatoms. The van der Waals surface area contributed by atoms with E-state index in [0.29, 0.717) is 0 Å². The fourth-order valence-electron chi connectivity index (χ4n) is 2.48. The van der Waals surface area contributed by atoms with Gasteiger partial charge in [-0.25, -0.2) is 4.98 Å². The van der Waals surface area contributed by atoms with Crippen LogP contribution in [0, 0.1) is 13.8 Å². The van der Waals surface area contributed by atoms with Crippen molar-refractivity contribution < 1.29 is 4.42 Å². The lowest BCUT2D eigenvalue weighted by Gasteiger charge is -2.14. The molecule has 0 aliphatic carbocycles. The van der Waals surface area contributed by atoms with Crippen molar-refractivity contribution in [2.45, 2.75) is 26.3 Å². The Morgan fingerprint density at radius 1 is 1.29 bits per heavy atom. The Kier molecular flexibility index (Phi) is 3.90. The summed E-state index contributed by atoms with van der Waals surface area (Å²) in [5.41, 5.74) is 10.9. The number of benzene rings is 1. The molecule has 0 radical (unpaired) electrons. The molecule has 2 aromatic heterocycles. The van der Waals surface area contributed by atoms with Crippen molar-refractivity contribution in [1.29, 1.82) is 0 Å². The van der Waals surface area contributed by atoms with Crippen LogP contribution in [0.15, 0.2) is 46.4 Å². The van der Waals surface area contributed by atoms with Gasteiger partial charge in [0.1, 0.15) is 5.69 Å². The van der Waals surface area contributed by atoms with Gasteiger partial charge in [-0.1, -0.05) is 23.8 Å². The predicted molar refractivity (Wildman–Crippen MR) is 86.4 cm³/mol. The minimum Gasteiger partial charge on any atom is -0.463 e. The van der Waals surface area contributed by atoms with Gasteiger partial charge in [-0.05, 0) is 37.1 Å². The fourth-order valence-corrected chi connectivity index (χ4v) is 3.33. The first-order chi connectivity index (χ1) is 10.1. The van der Waals surface area contributed by atoms with Gasteiger partial charge in [-0.15, -0.1) is 11.3 Å². The van der Waals surface area contributed by atoms with E-state index < -0.39 is 0 Å². The number of rotatable bonds is 4. The van der Waals surface area contributed by atoms with E-state index in [0.717, 1.165) is 22.9 Å². The predicted octanol–water partition coefficient (Wildman–Crippen LogP) is 4.26. The van der Waals surface area contributed by atoms with Crippen molar-refractivity contribution in [2.75, 3.05) is 0 Å². The van der Waals surface area contributed by atoms with Crippen molar-refractivity contribution in [3.8, 4) is 11.5 Å². The molecule has 0 saturated carbocycles. The molecular formula is C17H18N2OS. The van der Waals surface area contributed by atoms with Crippen LogP contribution < -0.4 is 5.73 Å². The molecule has 1 unspecified atom stereocenters. The maximum atomic E-state index is 6.35. The zero-order valence-corrected chi connectivity index (χ0v) is 13.0. The average molecular weight is 298 g/mol. The Balaban J connectivity index is 1.77. The van der Waals surface area contributed by atoms with E-state index in [-0.39, 0.29) is 6.04 Å². The topological polar surface area (TPSA) is 52.0 Å². The highest BCUT2D eigenvalue weighted by molar-refractivity contribution is 7.09. The maximum absolute atomic E-state index is 6.35. The van der Waals surface area contributed by atoms with E-state index >= 15 is 0 Å². The Morgan fingerprint density at radius 2 is 2.14 bits per heavy atom. The molecule has 0 bridgehead atoms.